The van der Waals surface area contributed by atoms with Crippen molar-refractivity contribution in [3.05, 3.63) is 282 Å². The Morgan fingerprint density at radius 2 is 0.738 bits per heavy atom. The lowest BCUT2D eigenvalue weighted by Crippen LogP contribution is -2.28. The van der Waals surface area contributed by atoms with Crippen LogP contribution in [-0.2, 0) is 10.8 Å². The monoisotopic (exact) mass is 829 g/mol. The fourth-order valence-corrected chi connectivity index (χ4v) is 11.3. The first-order chi connectivity index (χ1) is 32.0. The van der Waals surface area contributed by atoms with E-state index < -0.39 is 5.41 Å². The predicted molar refractivity (Wildman–Crippen MR) is 272 cm³/mol. The fraction of sp³-hybridized carbons (Fsp3) is 0.0625. The summed E-state index contributed by atoms with van der Waals surface area (Å²) in [7, 11) is 0. The molecule has 0 radical (unpaired) electrons. The van der Waals surface area contributed by atoms with Gasteiger partial charge in [0.05, 0.1) is 16.8 Å². The summed E-state index contributed by atoms with van der Waals surface area (Å²) in [6.45, 7) is 4.75. The van der Waals surface area contributed by atoms with Crippen molar-refractivity contribution < 1.29 is 0 Å². The van der Waals surface area contributed by atoms with Crippen LogP contribution in [0.15, 0.2) is 249 Å². The zero-order valence-electron chi connectivity index (χ0n) is 36.6. The Bertz CT molecular complexity index is 3350. The van der Waals surface area contributed by atoms with Crippen molar-refractivity contribution in [3.63, 3.8) is 0 Å². The van der Waals surface area contributed by atoms with E-state index in [2.05, 4.69) is 267 Å². The van der Waals surface area contributed by atoms with Gasteiger partial charge in [0.25, 0.3) is 0 Å². The second kappa shape index (κ2) is 15.4. The van der Waals surface area contributed by atoms with E-state index in [-0.39, 0.29) is 5.41 Å². The summed E-state index contributed by atoms with van der Waals surface area (Å²) in [6.07, 6.45) is 0. The van der Waals surface area contributed by atoms with Crippen molar-refractivity contribution in [1.82, 2.24) is 0 Å². The standard InChI is InChI=1S/C64H47N/c1-63(2)55-36-19-18-34-53(55)62-58(63)38-22-40-60(62)65(59-39-21-35-50(45-25-9-4-10-26-45)61(59)52-33-16-15-31-49(52)44-23-7-3-8-24-44)48-41-42-57-54(43-48)51-32-17-20-37-56(51)64(57,46-27-11-5-12-28-46)47-29-13-6-14-30-47/h3-43H,1-2H3. The Balaban J connectivity index is 1.20. The molecule has 10 aromatic carbocycles. The zero-order chi connectivity index (χ0) is 43.5. The SMILES string of the molecule is CC1(C)c2ccccc2-c2c(N(c3ccc4c(c3)-c3ccccc3C4(c3ccccc3)c3ccccc3)c3cccc(-c4ccccc4)c3-c3ccccc3-c3ccccc3)cccc21. The molecular formula is C64H47N. The van der Waals surface area contributed by atoms with Gasteiger partial charge in [-0.25, -0.2) is 0 Å². The summed E-state index contributed by atoms with van der Waals surface area (Å²) in [5.74, 6) is 0. The van der Waals surface area contributed by atoms with Gasteiger partial charge >= 0.3 is 0 Å². The minimum Gasteiger partial charge on any atom is -0.309 e. The molecule has 0 unspecified atom stereocenters. The van der Waals surface area contributed by atoms with Crippen LogP contribution >= 0.6 is 0 Å². The molecule has 1 nitrogen and oxygen atoms in total. The number of anilines is 3. The van der Waals surface area contributed by atoms with Crippen molar-refractivity contribution >= 4 is 17.1 Å². The van der Waals surface area contributed by atoms with Gasteiger partial charge in [-0.2, -0.15) is 0 Å². The molecule has 1 heteroatoms. The predicted octanol–water partition coefficient (Wildman–Crippen LogP) is 16.8. The fourth-order valence-electron chi connectivity index (χ4n) is 11.3. The van der Waals surface area contributed by atoms with Crippen LogP contribution in [0.5, 0.6) is 0 Å². The maximum absolute atomic E-state index is 2.58. The Hall–Kier alpha value is -8.00. The minimum absolute atomic E-state index is 0.177. The van der Waals surface area contributed by atoms with Crippen LogP contribution in [0.4, 0.5) is 17.1 Å². The summed E-state index contributed by atoms with van der Waals surface area (Å²) in [5.41, 5.74) is 22.7. The van der Waals surface area contributed by atoms with Crippen molar-refractivity contribution in [1.29, 1.82) is 0 Å². The van der Waals surface area contributed by atoms with Crippen LogP contribution in [0, 0.1) is 0 Å². The lowest BCUT2D eigenvalue weighted by atomic mass is 9.68. The van der Waals surface area contributed by atoms with Gasteiger partial charge in [0, 0.05) is 22.2 Å². The third-order valence-corrected chi connectivity index (χ3v) is 14.2. The van der Waals surface area contributed by atoms with Gasteiger partial charge in [-0.05, 0) is 102 Å². The molecule has 0 bridgehead atoms. The highest BCUT2D eigenvalue weighted by molar-refractivity contribution is 6.04. The molecule has 0 saturated carbocycles. The summed E-state index contributed by atoms with van der Waals surface area (Å²) >= 11 is 0. The summed E-state index contributed by atoms with van der Waals surface area (Å²) in [4.78, 5) is 2.58. The lowest BCUT2D eigenvalue weighted by Gasteiger charge is -2.35. The minimum atomic E-state index is -0.498. The first-order valence-corrected chi connectivity index (χ1v) is 22.8. The molecule has 65 heavy (non-hydrogen) atoms. The molecule has 0 fully saturated rings. The molecular weight excluding hydrogens is 783 g/mol. The normalized spacial score (nSPS) is 13.6. The topological polar surface area (TPSA) is 3.24 Å². The highest BCUT2D eigenvalue weighted by Crippen LogP contribution is 2.60. The quantitative estimate of drug-likeness (QED) is 0.147. The van der Waals surface area contributed by atoms with Gasteiger partial charge in [0.15, 0.2) is 0 Å². The lowest BCUT2D eigenvalue weighted by molar-refractivity contribution is 0.660. The molecule has 0 aliphatic heterocycles. The van der Waals surface area contributed by atoms with Gasteiger partial charge in [-0.3, -0.25) is 0 Å². The Morgan fingerprint density at radius 3 is 1.38 bits per heavy atom. The molecule has 0 amide bonds. The van der Waals surface area contributed by atoms with Crippen molar-refractivity contribution in [2.45, 2.75) is 24.7 Å². The van der Waals surface area contributed by atoms with Gasteiger partial charge in [0.1, 0.15) is 0 Å². The molecule has 12 rings (SSSR count). The molecule has 0 aromatic heterocycles. The second-order valence-electron chi connectivity index (χ2n) is 17.9. The third kappa shape index (κ3) is 5.93. The summed E-state index contributed by atoms with van der Waals surface area (Å²) < 4.78 is 0. The molecule has 0 spiro atoms. The number of nitrogens with zero attached hydrogens (tertiary/aromatic N) is 1. The summed E-state index contributed by atoms with van der Waals surface area (Å²) in [6, 6.07) is 92.1. The summed E-state index contributed by atoms with van der Waals surface area (Å²) in [5, 5.41) is 0. The van der Waals surface area contributed by atoms with Crippen LogP contribution in [0.3, 0.4) is 0 Å². The first kappa shape index (κ1) is 38.7. The molecule has 2 aliphatic rings. The third-order valence-electron chi connectivity index (χ3n) is 14.2. The molecule has 308 valence electrons. The van der Waals surface area contributed by atoms with E-state index in [0.29, 0.717) is 0 Å². The van der Waals surface area contributed by atoms with Crippen LogP contribution in [0.25, 0.3) is 55.6 Å². The van der Waals surface area contributed by atoms with Crippen molar-refractivity contribution in [2.75, 3.05) is 4.90 Å². The van der Waals surface area contributed by atoms with Gasteiger partial charge in [0.2, 0.25) is 0 Å². The maximum atomic E-state index is 2.58. The Labute approximate surface area is 382 Å². The van der Waals surface area contributed by atoms with Gasteiger partial charge in [-0.15, -0.1) is 0 Å². The average Bonchev–Trinajstić information content (AvgIpc) is 3.80. The van der Waals surface area contributed by atoms with Crippen LogP contribution in [0.1, 0.15) is 47.2 Å². The first-order valence-electron chi connectivity index (χ1n) is 22.8. The van der Waals surface area contributed by atoms with Crippen LogP contribution in [-0.4, -0.2) is 0 Å². The van der Waals surface area contributed by atoms with Gasteiger partial charge < -0.3 is 4.90 Å². The van der Waals surface area contributed by atoms with E-state index in [1.807, 2.05) is 0 Å². The average molecular weight is 830 g/mol. The molecule has 10 aromatic rings. The van der Waals surface area contributed by atoms with E-state index in [1.54, 1.807) is 0 Å². The van der Waals surface area contributed by atoms with Crippen LogP contribution in [0.2, 0.25) is 0 Å². The second-order valence-corrected chi connectivity index (χ2v) is 17.9. The Morgan fingerprint density at radius 1 is 0.292 bits per heavy atom. The largest absolute Gasteiger partial charge is 0.309 e. The van der Waals surface area contributed by atoms with E-state index in [1.165, 1.54) is 89.0 Å². The number of fused-ring (bicyclic) bond motifs is 6. The number of rotatable bonds is 8. The van der Waals surface area contributed by atoms with Gasteiger partial charge in [-0.1, -0.05) is 238 Å². The van der Waals surface area contributed by atoms with Crippen LogP contribution < -0.4 is 4.90 Å². The molecule has 0 heterocycles. The van der Waals surface area contributed by atoms with E-state index >= 15 is 0 Å². The molecule has 2 aliphatic carbocycles. The number of hydrogen-bond acceptors (Lipinski definition) is 1. The zero-order valence-corrected chi connectivity index (χ0v) is 36.6. The highest BCUT2D eigenvalue weighted by atomic mass is 15.1. The maximum Gasteiger partial charge on any atom is 0.0713 e. The van der Waals surface area contributed by atoms with Crippen molar-refractivity contribution in [3.8, 4) is 55.6 Å². The molecule has 0 saturated heterocycles. The van der Waals surface area contributed by atoms with E-state index in [9.17, 15) is 0 Å². The van der Waals surface area contributed by atoms with E-state index in [0.717, 1.165) is 17.1 Å². The number of hydrogen-bond donors (Lipinski definition) is 0. The smallest absolute Gasteiger partial charge is 0.0713 e. The van der Waals surface area contributed by atoms with E-state index in [4.69, 9.17) is 0 Å². The van der Waals surface area contributed by atoms with Crippen molar-refractivity contribution in [2.24, 2.45) is 0 Å². The molecule has 0 atom stereocenters. The highest BCUT2D eigenvalue weighted by Gasteiger charge is 2.46. The Kier molecular flexibility index (Phi) is 9.14. The number of benzene rings is 10. The molecule has 0 N–H and O–H groups in total.